The second-order valence-corrected chi connectivity index (χ2v) is 5.32. The number of hydrogen-bond donors (Lipinski definition) is 1. The van der Waals surface area contributed by atoms with E-state index in [9.17, 15) is 9.59 Å². The highest BCUT2D eigenvalue weighted by Crippen LogP contribution is 2.17. The van der Waals surface area contributed by atoms with Crippen LogP contribution in [0.25, 0.3) is 11.0 Å². The minimum Gasteiger partial charge on any atom is -0.496 e. The molecule has 0 unspecified atom stereocenters. The van der Waals surface area contributed by atoms with Gasteiger partial charge in [-0.1, -0.05) is 30.3 Å². The first-order valence-electron chi connectivity index (χ1n) is 7.61. The van der Waals surface area contributed by atoms with Gasteiger partial charge in [-0.15, -0.1) is 0 Å². The molecule has 1 heterocycles. The minimum atomic E-state index is -0.508. The smallest absolute Gasteiger partial charge is 0.345 e. The van der Waals surface area contributed by atoms with Crippen molar-refractivity contribution in [1.29, 1.82) is 0 Å². The van der Waals surface area contributed by atoms with Crippen LogP contribution in [0, 0.1) is 0 Å². The Morgan fingerprint density at radius 1 is 1.08 bits per heavy atom. The molecule has 6 heteroatoms. The van der Waals surface area contributed by atoms with Crippen molar-refractivity contribution in [3.05, 3.63) is 76.1 Å². The third-order valence-electron chi connectivity index (χ3n) is 3.71. The van der Waals surface area contributed by atoms with Crippen LogP contribution in [0.4, 0.5) is 0 Å². The molecule has 2 aromatic carbocycles. The Morgan fingerprint density at radius 3 is 2.60 bits per heavy atom. The minimum absolute atomic E-state index is 0.291. The quantitative estimate of drug-likeness (QED) is 0.451. The largest absolute Gasteiger partial charge is 0.496 e. The van der Waals surface area contributed by atoms with Crippen LogP contribution in [0.15, 0.2) is 68.9 Å². The molecule has 0 saturated heterocycles. The van der Waals surface area contributed by atoms with Crippen LogP contribution in [0.5, 0.6) is 5.75 Å². The molecule has 1 aromatic heterocycles. The number of nitrogens with zero attached hydrogens (tertiary/aromatic N) is 1. The van der Waals surface area contributed by atoms with Crippen molar-refractivity contribution in [2.45, 2.75) is 6.92 Å². The molecule has 6 nitrogen and oxygen atoms in total. The van der Waals surface area contributed by atoms with Crippen LogP contribution in [-0.4, -0.2) is 18.7 Å². The summed E-state index contributed by atoms with van der Waals surface area (Å²) in [6.07, 6.45) is 0. The van der Waals surface area contributed by atoms with Gasteiger partial charge in [-0.3, -0.25) is 4.79 Å². The summed E-state index contributed by atoms with van der Waals surface area (Å²) >= 11 is 0. The molecule has 0 fully saturated rings. The third-order valence-corrected chi connectivity index (χ3v) is 3.71. The van der Waals surface area contributed by atoms with E-state index in [1.165, 1.54) is 7.11 Å². The molecular formula is C19H16N2O4. The number of para-hydroxylation sites is 2. The Morgan fingerprint density at radius 2 is 1.80 bits per heavy atom. The van der Waals surface area contributed by atoms with Crippen molar-refractivity contribution in [2.75, 3.05) is 7.11 Å². The van der Waals surface area contributed by atoms with Crippen LogP contribution < -0.4 is 15.8 Å². The van der Waals surface area contributed by atoms with E-state index in [0.717, 1.165) is 5.39 Å². The average Bonchev–Trinajstić information content (AvgIpc) is 2.65. The number of methoxy groups -OCH3 is 1. The van der Waals surface area contributed by atoms with Gasteiger partial charge in [0.2, 0.25) is 0 Å². The van der Waals surface area contributed by atoms with Gasteiger partial charge in [0.15, 0.2) is 0 Å². The number of nitrogens with one attached hydrogen (secondary N) is 1. The molecule has 126 valence electrons. The summed E-state index contributed by atoms with van der Waals surface area (Å²) in [6, 6.07) is 15.7. The lowest BCUT2D eigenvalue weighted by Gasteiger charge is -2.07. The number of carbonyl (C=O) groups is 1. The second kappa shape index (κ2) is 7.00. The summed E-state index contributed by atoms with van der Waals surface area (Å²) in [4.78, 5) is 24.4. The average molecular weight is 336 g/mol. The molecule has 0 aliphatic carbocycles. The highest BCUT2D eigenvalue weighted by Gasteiger charge is 2.12. The van der Waals surface area contributed by atoms with Crippen LogP contribution in [0.3, 0.4) is 0 Å². The van der Waals surface area contributed by atoms with Gasteiger partial charge in [0.25, 0.3) is 5.91 Å². The number of carbonyl (C=O) groups excluding carboxylic acids is 1. The molecule has 1 N–H and O–H groups in total. The normalized spacial score (nSPS) is 11.4. The van der Waals surface area contributed by atoms with Gasteiger partial charge in [0.1, 0.15) is 11.3 Å². The Hall–Kier alpha value is -3.41. The fourth-order valence-electron chi connectivity index (χ4n) is 2.40. The summed E-state index contributed by atoms with van der Waals surface area (Å²) in [7, 11) is 1.49. The SMILES string of the molecule is COc1ccccc1C(=O)N/N=C(\C)c1cc2ccccc2oc1=O. The zero-order chi connectivity index (χ0) is 17.8. The van der Waals surface area contributed by atoms with E-state index in [1.54, 1.807) is 49.4 Å². The van der Waals surface area contributed by atoms with Crippen molar-refractivity contribution in [3.8, 4) is 5.75 Å². The number of fused-ring (bicyclic) bond motifs is 1. The monoisotopic (exact) mass is 336 g/mol. The molecule has 0 aliphatic heterocycles. The maximum atomic E-state index is 12.3. The molecule has 3 rings (SSSR count). The van der Waals surface area contributed by atoms with E-state index in [4.69, 9.17) is 9.15 Å². The molecule has 0 aliphatic rings. The maximum Gasteiger partial charge on any atom is 0.345 e. The first-order chi connectivity index (χ1) is 12.1. The van der Waals surface area contributed by atoms with Gasteiger partial charge >= 0.3 is 5.63 Å². The van der Waals surface area contributed by atoms with Crippen molar-refractivity contribution in [3.63, 3.8) is 0 Å². The molecule has 0 atom stereocenters. The van der Waals surface area contributed by atoms with E-state index >= 15 is 0 Å². The van der Waals surface area contributed by atoms with Gasteiger partial charge in [-0.25, -0.2) is 10.2 Å². The van der Waals surface area contributed by atoms with E-state index in [2.05, 4.69) is 10.5 Å². The van der Waals surface area contributed by atoms with Crippen molar-refractivity contribution < 1.29 is 13.9 Å². The standard InChI is InChI=1S/C19H16N2O4/c1-12(15-11-13-7-3-5-9-16(13)25-19(15)23)20-21-18(22)14-8-4-6-10-17(14)24-2/h3-11H,1-2H3,(H,21,22)/b20-12+. The first-order valence-corrected chi connectivity index (χ1v) is 7.61. The van der Waals surface area contributed by atoms with Gasteiger partial charge in [0, 0.05) is 5.39 Å². The molecule has 3 aromatic rings. The zero-order valence-corrected chi connectivity index (χ0v) is 13.8. The van der Waals surface area contributed by atoms with Crippen molar-refractivity contribution in [1.82, 2.24) is 5.43 Å². The third kappa shape index (κ3) is 3.42. The summed E-state index contributed by atoms with van der Waals surface area (Å²) in [5, 5.41) is 4.80. The number of amides is 1. The molecule has 25 heavy (non-hydrogen) atoms. The van der Waals surface area contributed by atoms with E-state index < -0.39 is 11.5 Å². The van der Waals surface area contributed by atoms with Crippen LogP contribution in [-0.2, 0) is 0 Å². The Balaban J connectivity index is 1.88. The maximum absolute atomic E-state index is 12.3. The highest BCUT2D eigenvalue weighted by molar-refractivity contribution is 6.02. The Labute approximate surface area is 143 Å². The van der Waals surface area contributed by atoms with Crippen LogP contribution >= 0.6 is 0 Å². The summed E-state index contributed by atoms with van der Waals surface area (Å²) < 4.78 is 10.4. The lowest BCUT2D eigenvalue weighted by molar-refractivity contribution is 0.0952. The van der Waals surface area contributed by atoms with E-state index in [0.29, 0.717) is 28.2 Å². The van der Waals surface area contributed by atoms with Gasteiger partial charge in [-0.05, 0) is 31.2 Å². The van der Waals surface area contributed by atoms with Gasteiger partial charge in [0.05, 0.1) is 23.9 Å². The lowest BCUT2D eigenvalue weighted by atomic mass is 10.1. The van der Waals surface area contributed by atoms with Crippen LogP contribution in [0.2, 0.25) is 0 Å². The van der Waals surface area contributed by atoms with E-state index in [-0.39, 0.29) is 0 Å². The fourth-order valence-corrected chi connectivity index (χ4v) is 2.40. The highest BCUT2D eigenvalue weighted by atomic mass is 16.5. The topological polar surface area (TPSA) is 80.9 Å². The van der Waals surface area contributed by atoms with E-state index in [1.807, 2.05) is 12.1 Å². The van der Waals surface area contributed by atoms with Gasteiger partial charge in [-0.2, -0.15) is 5.10 Å². The molecular weight excluding hydrogens is 320 g/mol. The predicted molar refractivity (Wildman–Crippen MR) is 95.2 cm³/mol. The molecule has 0 bridgehead atoms. The van der Waals surface area contributed by atoms with Crippen molar-refractivity contribution >= 4 is 22.6 Å². The van der Waals surface area contributed by atoms with Gasteiger partial charge < -0.3 is 9.15 Å². The van der Waals surface area contributed by atoms with Crippen molar-refractivity contribution in [2.24, 2.45) is 5.10 Å². The number of benzene rings is 2. The molecule has 0 radical (unpaired) electrons. The Bertz CT molecular complexity index is 1020. The number of rotatable bonds is 4. The first kappa shape index (κ1) is 16.4. The summed E-state index contributed by atoms with van der Waals surface area (Å²) in [5.74, 6) is 0.0139. The lowest BCUT2D eigenvalue weighted by Crippen LogP contribution is -2.22. The number of ether oxygens (including phenoxy) is 1. The predicted octanol–water partition coefficient (Wildman–Crippen LogP) is 2.96. The number of hydrogen-bond acceptors (Lipinski definition) is 5. The molecule has 0 saturated carbocycles. The Kier molecular flexibility index (Phi) is 4.61. The number of hydrazone groups is 1. The summed E-state index contributed by atoms with van der Waals surface area (Å²) in [6.45, 7) is 1.63. The molecule has 1 amide bonds. The summed E-state index contributed by atoms with van der Waals surface area (Å²) in [5.41, 5.74) is 3.42. The second-order valence-electron chi connectivity index (χ2n) is 5.32. The fraction of sp³-hybridized carbons (Fsp3) is 0.105. The zero-order valence-electron chi connectivity index (χ0n) is 13.8. The molecule has 0 spiro atoms. The van der Waals surface area contributed by atoms with Crippen LogP contribution in [0.1, 0.15) is 22.8 Å².